The second-order valence-corrected chi connectivity index (χ2v) is 4.18. The third-order valence-corrected chi connectivity index (χ3v) is 2.33. The van der Waals surface area contributed by atoms with Gasteiger partial charge < -0.3 is 9.47 Å². The molecule has 0 bridgehead atoms. The predicted molar refractivity (Wildman–Crippen MR) is 41.0 cm³/mol. The van der Waals surface area contributed by atoms with Gasteiger partial charge in [0, 0.05) is 7.05 Å². The zero-order valence-electron chi connectivity index (χ0n) is 7.10. The number of sulfonamides is 1. The summed E-state index contributed by atoms with van der Waals surface area (Å²) >= 11 is 0. The number of carbonyl (C=O) groups is 1. The summed E-state index contributed by atoms with van der Waals surface area (Å²) in [6, 6.07) is 0. The largest absolute Gasteiger partial charge is 0.509 e. The minimum atomic E-state index is -3.31. The second kappa shape index (κ2) is 4.27. The fourth-order valence-electron chi connectivity index (χ4n) is 0.298. The van der Waals surface area contributed by atoms with Gasteiger partial charge in [-0.3, -0.25) is 0 Å². The van der Waals surface area contributed by atoms with Crippen molar-refractivity contribution in [3.8, 4) is 0 Å². The summed E-state index contributed by atoms with van der Waals surface area (Å²) in [4.78, 5) is 10.4. The van der Waals surface area contributed by atoms with Crippen molar-refractivity contribution in [2.75, 3.05) is 27.1 Å². The van der Waals surface area contributed by atoms with Crippen LogP contribution in [0.3, 0.4) is 0 Å². The van der Waals surface area contributed by atoms with E-state index in [2.05, 4.69) is 9.47 Å². The molecule has 0 unspecified atom stereocenters. The lowest BCUT2D eigenvalue weighted by Crippen LogP contribution is -2.29. The Hall–Kier alpha value is -0.820. The molecule has 0 aliphatic carbocycles. The normalized spacial score (nSPS) is 11.3. The number of ether oxygens (including phenoxy) is 2. The van der Waals surface area contributed by atoms with Gasteiger partial charge >= 0.3 is 6.16 Å². The van der Waals surface area contributed by atoms with E-state index in [-0.39, 0.29) is 6.73 Å². The van der Waals surface area contributed by atoms with Crippen LogP contribution in [-0.2, 0) is 19.5 Å². The molecule has 0 aliphatic rings. The van der Waals surface area contributed by atoms with Crippen LogP contribution in [0.4, 0.5) is 4.79 Å². The van der Waals surface area contributed by atoms with E-state index in [9.17, 15) is 13.2 Å². The van der Waals surface area contributed by atoms with E-state index in [1.807, 2.05) is 0 Å². The number of rotatable bonds is 3. The number of carbonyl (C=O) groups excluding carboxylic acids is 1. The first kappa shape index (κ1) is 11.2. The Balaban J connectivity index is 3.88. The standard InChI is InChI=1S/C5H11NO5S/c1-6(12(3,8)9)4-11-5(7)10-2/h4H2,1-3H3. The smallest absolute Gasteiger partial charge is 0.438 e. The van der Waals surface area contributed by atoms with Gasteiger partial charge in [-0.05, 0) is 0 Å². The van der Waals surface area contributed by atoms with E-state index in [0.717, 1.165) is 17.7 Å². The average molecular weight is 197 g/mol. The first-order valence-electron chi connectivity index (χ1n) is 3.00. The van der Waals surface area contributed by atoms with Crippen LogP contribution >= 0.6 is 0 Å². The maximum atomic E-state index is 10.7. The summed E-state index contributed by atoms with van der Waals surface area (Å²) in [6.07, 6.45) is 0.0960. The van der Waals surface area contributed by atoms with E-state index in [4.69, 9.17) is 0 Å². The fraction of sp³-hybridized carbons (Fsp3) is 0.800. The van der Waals surface area contributed by atoms with E-state index < -0.39 is 16.2 Å². The van der Waals surface area contributed by atoms with E-state index in [1.54, 1.807) is 0 Å². The molecule has 0 saturated carbocycles. The van der Waals surface area contributed by atoms with Crippen molar-refractivity contribution in [1.82, 2.24) is 4.31 Å². The van der Waals surface area contributed by atoms with Crippen molar-refractivity contribution in [3.63, 3.8) is 0 Å². The van der Waals surface area contributed by atoms with Crippen LogP contribution < -0.4 is 0 Å². The van der Waals surface area contributed by atoms with Gasteiger partial charge in [0.25, 0.3) is 0 Å². The van der Waals surface area contributed by atoms with Gasteiger partial charge in [-0.15, -0.1) is 0 Å². The van der Waals surface area contributed by atoms with Crippen LogP contribution in [-0.4, -0.2) is 46.0 Å². The molecular formula is C5H11NO5S. The van der Waals surface area contributed by atoms with Crippen molar-refractivity contribution < 1.29 is 22.7 Å². The average Bonchev–Trinajstić information content (AvgIpc) is 1.97. The maximum Gasteiger partial charge on any atom is 0.509 e. The lowest BCUT2D eigenvalue weighted by Gasteiger charge is -2.12. The SMILES string of the molecule is COC(=O)OCN(C)S(C)(=O)=O. The van der Waals surface area contributed by atoms with Crippen LogP contribution in [0.2, 0.25) is 0 Å². The van der Waals surface area contributed by atoms with Crippen molar-refractivity contribution >= 4 is 16.2 Å². The van der Waals surface area contributed by atoms with Crippen LogP contribution in [0, 0.1) is 0 Å². The number of hydrogen-bond donors (Lipinski definition) is 0. The third kappa shape index (κ3) is 4.14. The third-order valence-electron chi connectivity index (χ3n) is 1.10. The summed E-state index contributed by atoms with van der Waals surface area (Å²) in [5, 5.41) is 0. The molecule has 0 saturated heterocycles. The Morgan fingerprint density at radius 1 is 1.50 bits per heavy atom. The first-order valence-corrected chi connectivity index (χ1v) is 4.85. The minimum absolute atomic E-state index is 0.342. The summed E-state index contributed by atoms with van der Waals surface area (Å²) in [6.45, 7) is -0.342. The lowest BCUT2D eigenvalue weighted by atomic mass is 11.1. The molecule has 0 spiro atoms. The van der Waals surface area contributed by atoms with Crippen LogP contribution in [0.25, 0.3) is 0 Å². The highest BCUT2D eigenvalue weighted by molar-refractivity contribution is 7.88. The highest BCUT2D eigenvalue weighted by Gasteiger charge is 2.12. The first-order chi connectivity index (χ1) is 5.38. The molecule has 0 aliphatic heterocycles. The van der Waals surface area contributed by atoms with Gasteiger partial charge in [-0.25, -0.2) is 13.2 Å². The van der Waals surface area contributed by atoms with Crippen LogP contribution in [0.15, 0.2) is 0 Å². The molecule has 0 N–H and O–H groups in total. The molecule has 12 heavy (non-hydrogen) atoms. The summed E-state index contributed by atoms with van der Waals surface area (Å²) in [5.74, 6) is 0. The minimum Gasteiger partial charge on any atom is -0.438 e. The van der Waals surface area contributed by atoms with Crippen LogP contribution in [0.1, 0.15) is 0 Å². The molecule has 0 aromatic carbocycles. The molecule has 0 amide bonds. The molecule has 0 radical (unpaired) electrons. The molecule has 72 valence electrons. The van der Waals surface area contributed by atoms with Gasteiger partial charge in [-0.2, -0.15) is 4.31 Å². The Morgan fingerprint density at radius 2 is 2.00 bits per heavy atom. The lowest BCUT2D eigenvalue weighted by molar-refractivity contribution is 0.0520. The van der Waals surface area contributed by atoms with Crippen molar-refractivity contribution in [2.45, 2.75) is 0 Å². The summed E-state index contributed by atoms with van der Waals surface area (Å²) in [7, 11) is -0.875. The molecule has 0 aromatic rings. The monoisotopic (exact) mass is 197 g/mol. The fourth-order valence-corrected chi connectivity index (χ4v) is 0.542. The molecule has 0 heterocycles. The van der Waals surface area contributed by atoms with Crippen LogP contribution in [0.5, 0.6) is 0 Å². The highest BCUT2D eigenvalue weighted by atomic mass is 32.2. The molecule has 0 atom stereocenters. The van der Waals surface area contributed by atoms with Crippen molar-refractivity contribution in [2.24, 2.45) is 0 Å². The van der Waals surface area contributed by atoms with Gasteiger partial charge in [0.2, 0.25) is 10.0 Å². The molecular weight excluding hydrogens is 186 g/mol. The van der Waals surface area contributed by atoms with Crippen molar-refractivity contribution in [1.29, 1.82) is 0 Å². The Morgan fingerprint density at radius 3 is 2.33 bits per heavy atom. The molecule has 7 heteroatoms. The Labute approximate surface area is 71.1 Å². The number of methoxy groups -OCH3 is 1. The Kier molecular flexibility index (Phi) is 3.98. The number of nitrogens with zero attached hydrogens (tertiary/aromatic N) is 1. The zero-order chi connectivity index (χ0) is 9.78. The highest BCUT2D eigenvalue weighted by Crippen LogP contribution is 1.93. The molecule has 6 nitrogen and oxygen atoms in total. The topological polar surface area (TPSA) is 72.9 Å². The number of hydrogen-bond acceptors (Lipinski definition) is 5. The van der Waals surface area contributed by atoms with E-state index in [1.165, 1.54) is 7.05 Å². The summed E-state index contributed by atoms with van der Waals surface area (Å²) in [5.41, 5.74) is 0. The van der Waals surface area contributed by atoms with Gasteiger partial charge in [-0.1, -0.05) is 0 Å². The van der Waals surface area contributed by atoms with Gasteiger partial charge in [0.15, 0.2) is 6.73 Å². The van der Waals surface area contributed by atoms with E-state index >= 15 is 0 Å². The molecule has 0 aromatic heterocycles. The zero-order valence-corrected chi connectivity index (χ0v) is 7.92. The molecule has 0 rings (SSSR count). The Bertz CT molecular complexity index is 247. The summed E-state index contributed by atoms with van der Waals surface area (Å²) < 4.78 is 30.8. The molecule has 0 fully saturated rings. The van der Waals surface area contributed by atoms with Crippen molar-refractivity contribution in [3.05, 3.63) is 0 Å². The van der Waals surface area contributed by atoms with Gasteiger partial charge in [0.1, 0.15) is 0 Å². The van der Waals surface area contributed by atoms with E-state index in [0.29, 0.717) is 0 Å². The quantitative estimate of drug-likeness (QED) is 0.455. The second-order valence-electron chi connectivity index (χ2n) is 2.09. The predicted octanol–water partition coefficient (Wildman–Crippen LogP) is -0.382. The maximum absolute atomic E-state index is 10.7. The van der Waals surface area contributed by atoms with Gasteiger partial charge in [0.05, 0.1) is 13.4 Å².